The van der Waals surface area contributed by atoms with Gasteiger partial charge in [-0.1, -0.05) is 12.1 Å². The zero-order valence-electron chi connectivity index (χ0n) is 15.0. The first-order chi connectivity index (χ1) is 13.6. The highest BCUT2D eigenvalue weighted by Gasteiger charge is 2.30. The summed E-state index contributed by atoms with van der Waals surface area (Å²) >= 11 is 0. The second-order valence-corrected chi connectivity index (χ2v) is 7.88. The number of alkyl halides is 3. The van der Waals surface area contributed by atoms with Crippen molar-refractivity contribution in [3.8, 4) is 17.3 Å². The molecule has 0 amide bonds. The maximum Gasteiger partial charge on any atom is 0.416 e. The van der Waals surface area contributed by atoms with Crippen LogP contribution >= 0.6 is 0 Å². The van der Waals surface area contributed by atoms with Gasteiger partial charge >= 0.3 is 6.18 Å². The van der Waals surface area contributed by atoms with Crippen molar-refractivity contribution in [2.75, 3.05) is 4.72 Å². The molecule has 0 fully saturated rings. The molecule has 9 heteroatoms. The van der Waals surface area contributed by atoms with E-state index in [1.165, 1.54) is 6.20 Å². The van der Waals surface area contributed by atoms with Gasteiger partial charge < -0.3 is 0 Å². The Kier molecular flexibility index (Phi) is 5.31. The minimum absolute atomic E-state index is 0.272. The van der Waals surface area contributed by atoms with E-state index in [4.69, 9.17) is 5.26 Å². The Hall–Kier alpha value is -3.38. The van der Waals surface area contributed by atoms with Gasteiger partial charge in [0, 0.05) is 11.8 Å². The lowest BCUT2D eigenvalue weighted by atomic mass is 10.1. The van der Waals surface area contributed by atoms with Crippen molar-refractivity contribution in [2.24, 2.45) is 0 Å². The fourth-order valence-corrected chi connectivity index (χ4v) is 3.67. The van der Waals surface area contributed by atoms with Crippen LogP contribution in [0.4, 0.5) is 18.9 Å². The molecule has 2 aromatic carbocycles. The van der Waals surface area contributed by atoms with Crippen LogP contribution in [0.1, 0.15) is 16.7 Å². The molecule has 0 saturated carbocycles. The number of halogens is 3. The second kappa shape index (κ2) is 7.56. The Morgan fingerprint density at radius 3 is 2.28 bits per heavy atom. The Morgan fingerprint density at radius 2 is 1.72 bits per heavy atom. The smallest absolute Gasteiger partial charge is 0.279 e. The highest BCUT2D eigenvalue weighted by Crippen LogP contribution is 2.31. The molecular formula is C20H14F3N3O2S. The highest BCUT2D eigenvalue weighted by atomic mass is 32.2. The average Bonchev–Trinajstić information content (AvgIpc) is 2.69. The van der Waals surface area contributed by atoms with Crippen molar-refractivity contribution < 1.29 is 21.6 Å². The van der Waals surface area contributed by atoms with Crippen LogP contribution in [0.25, 0.3) is 11.3 Å². The number of sulfonamides is 1. The highest BCUT2D eigenvalue weighted by molar-refractivity contribution is 7.92. The van der Waals surface area contributed by atoms with Crippen LogP contribution in [0, 0.1) is 18.3 Å². The third-order valence-corrected chi connectivity index (χ3v) is 5.54. The van der Waals surface area contributed by atoms with E-state index < -0.39 is 21.8 Å². The van der Waals surface area contributed by atoms with Gasteiger partial charge in [0.05, 0.1) is 27.4 Å². The predicted octanol–water partition coefficient (Wildman–Crippen LogP) is 4.75. The van der Waals surface area contributed by atoms with Gasteiger partial charge in [0.2, 0.25) is 0 Å². The Labute approximate surface area is 165 Å². The molecule has 148 valence electrons. The average molecular weight is 417 g/mol. The van der Waals surface area contributed by atoms with Crippen molar-refractivity contribution in [1.82, 2.24) is 4.98 Å². The molecule has 0 saturated heterocycles. The zero-order chi connectivity index (χ0) is 21.2. The van der Waals surface area contributed by atoms with Crippen LogP contribution in [0.15, 0.2) is 65.7 Å². The van der Waals surface area contributed by atoms with Crippen molar-refractivity contribution >= 4 is 15.7 Å². The molecule has 0 unspecified atom stereocenters. The summed E-state index contributed by atoms with van der Waals surface area (Å²) in [6.07, 6.45) is -3.14. The van der Waals surface area contributed by atoms with Crippen molar-refractivity contribution in [1.29, 1.82) is 5.26 Å². The van der Waals surface area contributed by atoms with Gasteiger partial charge in [-0.05, 0) is 55.0 Å². The molecule has 0 spiro atoms. The number of pyridine rings is 1. The fourth-order valence-electron chi connectivity index (χ4n) is 2.55. The van der Waals surface area contributed by atoms with Gasteiger partial charge in [0.15, 0.2) is 0 Å². The summed E-state index contributed by atoms with van der Waals surface area (Å²) in [5.41, 5.74) is 1.52. The molecule has 0 radical (unpaired) electrons. The summed E-state index contributed by atoms with van der Waals surface area (Å²) in [7, 11) is -4.09. The lowest BCUT2D eigenvalue weighted by Crippen LogP contribution is -2.14. The van der Waals surface area contributed by atoms with E-state index in [1.807, 2.05) is 6.07 Å². The van der Waals surface area contributed by atoms with E-state index in [0.717, 1.165) is 24.3 Å². The van der Waals surface area contributed by atoms with Crippen LogP contribution in [0.2, 0.25) is 0 Å². The maximum atomic E-state index is 12.7. The molecule has 0 bridgehead atoms. The van der Waals surface area contributed by atoms with Crippen molar-refractivity contribution in [3.63, 3.8) is 0 Å². The summed E-state index contributed by atoms with van der Waals surface area (Å²) in [4.78, 5) is 3.89. The molecule has 29 heavy (non-hydrogen) atoms. The van der Waals surface area contributed by atoms with Crippen molar-refractivity contribution in [2.45, 2.75) is 18.0 Å². The van der Waals surface area contributed by atoms with Crippen LogP contribution in [0.5, 0.6) is 0 Å². The zero-order valence-corrected chi connectivity index (χ0v) is 15.8. The van der Waals surface area contributed by atoms with Crippen LogP contribution in [0.3, 0.4) is 0 Å². The number of anilines is 1. The quantitative estimate of drug-likeness (QED) is 0.664. The SMILES string of the molecule is Cc1ccc(-c2ccc(C#N)cn2)cc1NS(=O)(=O)c1ccc(C(F)(F)F)cc1. The molecule has 3 aromatic rings. The summed E-state index contributed by atoms with van der Waals surface area (Å²) in [5.74, 6) is 0. The van der Waals surface area contributed by atoms with Crippen LogP contribution < -0.4 is 4.72 Å². The van der Waals surface area contributed by atoms with Gasteiger partial charge in [0.1, 0.15) is 6.07 Å². The first-order valence-corrected chi connectivity index (χ1v) is 9.76. The van der Waals surface area contributed by atoms with E-state index in [9.17, 15) is 21.6 Å². The molecule has 0 atom stereocenters. The van der Waals surface area contributed by atoms with Gasteiger partial charge in [-0.15, -0.1) is 0 Å². The number of hydrogen-bond donors (Lipinski definition) is 1. The van der Waals surface area contributed by atoms with E-state index in [1.54, 1.807) is 37.3 Å². The number of benzene rings is 2. The molecule has 3 rings (SSSR count). The van der Waals surface area contributed by atoms with Crippen LogP contribution in [-0.2, 0) is 16.2 Å². The normalized spacial score (nSPS) is 11.7. The molecule has 1 heterocycles. The first kappa shape index (κ1) is 20.4. The minimum atomic E-state index is -4.55. The Bertz CT molecular complexity index is 1180. The monoisotopic (exact) mass is 417 g/mol. The molecule has 5 nitrogen and oxygen atoms in total. The van der Waals surface area contributed by atoms with E-state index >= 15 is 0 Å². The number of aryl methyl sites for hydroxylation is 1. The summed E-state index contributed by atoms with van der Waals surface area (Å²) in [6, 6.07) is 13.5. The van der Waals surface area contributed by atoms with Gasteiger partial charge in [-0.25, -0.2) is 8.42 Å². The van der Waals surface area contributed by atoms with Gasteiger partial charge in [-0.2, -0.15) is 18.4 Å². The largest absolute Gasteiger partial charge is 0.416 e. The van der Waals surface area contributed by atoms with E-state index in [0.29, 0.717) is 22.4 Å². The number of hydrogen-bond acceptors (Lipinski definition) is 4. The number of nitrogens with zero attached hydrogens (tertiary/aromatic N) is 2. The number of nitrogens with one attached hydrogen (secondary N) is 1. The van der Waals surface area contributed by atoms with Gasteiger partial charge in [-0.3, -0.25) is 9.71 Å². The third kappa shape index (κ3) is 4.55. The number of aromatic nitrogens is 1. The summed E-state index contributed by atoms with van der Waals surface area (Å²) < 4.78 is 65.7. The molecule has 0 aliphatic carbocycles. The van der Waals surface area contributed by atoms with Crippen molar-refractivity contribution in [3.05, 3.63) is 77.5 Å². The second-order valence-electron chi connectivity index (χ2n) is 6.20. The molecule has 0 aliphatic rings. The fraction of sp³-hybridized carbons (Fsp3) is 0.100. The minimum Gasteiger partial charge on any atom is -0.279 e. The summed E-state index contributed by atoms with van der Waals surface area (Å²) in [6.45, 7) is 1.70. The molecular weight excluding hydrogens is 403 g/mol. The topological polar surface area (TPSA) is 82.8 Å². The van der Waals surface area contributed by atoms with E-state index in [-0.39, 0.29) is 10.6 Å². The van der Waals surface area contributed by atoms with Gasteiger partial charge in [0.25, 0.3) is 10.0 Å². The molecule has 1 N–H and O–H groups in total. The van der Waals surface area contributed by atoms with E-state index in [2.05, 4.69) is 9.71 Å². The lowest BCUT2D eigenvalue weighted by Gasteiger charge is -2.13. The Morgan fingerprint density at radius 1 is 1.03 bits per heavy atom. The number of nitriles is 1. The number of rotatable bonds is 4. The predicted molar refractivity (Wildman–Crippen MR) is 101 cm³/mol. The first-order valence-electron chi connectivity index (χ1n) is 8.27. The standard InChI is InChI=1S/C20H14F3N3O2S/c1-13-2-4-15(18-9-3-14(11-24)12-25-18)10-19(13)26-29(27,28)17-7-5-16(6-8-17)20(21,22)23/h2-10,12,26H,1H3. The molecule has 0 aliphatic heterocycles. The third-order valence-electron chi connectivity index (χ3n) is 4.16. The maximum absolute atomic E-state index is 12.7. The lowest BCUT2D eigenvalue weighted by molar-refractivity contribution is -0.137. The summed E-state index contributed by atoms with van der Waals surface area (Å²) in [5, 5.41) is 8.85. The molecule has 1 aromatic heterocycles. The van der Waals surface area contributed by atoms with Crippen LogP contribution in [-0.4, -0.2) is 13.4 Å². The Balaban J connectivity index is 1.91.